The van der Waals surface area contributed by atoms with Crippen LogP contribution < -0.4 is 15.8 Å². The molecule has 8 heteroatoms. The van der Waals surface area contributed by atoms with Gasteiger partial charge in [-0.05, 0) is 32.4 Å². The molecule has 1 aromatic heterocycles. The van der Waals surface area contributed by atoms with Gasteiger partial charge in [-0.25, -0.2) is 13.4 Å². The molecule has 7 nitrogen and oxygen atoms in total. The van der Waals surface area contributed by atoms with Crippen molar-refractivity contribution in [1.82, 2.24) is 9.71 Å². The average molecular weight is 300 g/mol. The van der Waals surface area contributed by atoms with Crippen molar-refractivity contribution in [2.75, 3.05) is 11.9 Å². The summed E-state index contributed by atoms with van der Waals surface area (Å²) in [5.41, 5.74) is 3.80. The summed E-state index contributed by atoms with van der Waals surface area (Å²) in [5.74, 6) is -0.504. The van der Waals surface area contributed by atoms with E-state index in [-0.39, 0.29) is 10.7 Å². The van der Waals surface area contributed by atoms with E-state index in [1.807, 2.05) is 6.92 Å². The molecule has 0 aromatic carbocycles. The number of sulfonamides is 1. The van der Waals surface area contributed by atoms with Crippen molar-refractivity contribution in [3.8, 4) is 0 Å². The van der Waals surface area contributed by atoms with Gasteiger partial charge in [-0.2, -0.15) is 4.72 Å². The number of rotatable bonds is 7. The van der Waals surface area contributed by atoms with Crippen LogP contribution in [0.2, 0.25) is 0 Å². The first-order valence-corrected chi connectivity index (χ1v) is 7.72. The Morgan fingerprint density at radius 1 is 1.45 bits per heavy atom. The molecule has 4 N–H and O–H groups in total. The lowest BCUT2D eigenvalue weighted by molar-refractivity contribution is -0.122. The van der Waals surface area contributed by atoms with Crippen molar-refractivity contribution in [2.45, 2.75) is 37.6 Å². The van der Waals surface area contributed by atoms with Crippen molar-refractivity contribution in [2.24, 2.45) is 5.73 Å². The predicted molar refractivity (Wildman–Crippen MR) is 76.6 cm³/mol. The van der Waals surface area contributed by atoms with E-state index in [1.165, 1.54) is 32.2 Å². The van der Waals surface area contributed by atoms with Gasteiger partial charge in [0.15, 0.2) is 0 Å². The molecule has 0 aliphatic heterocycles. The third kappa shape index (κ3) is 3.91. The van der Waals surface area contributed by atoms with E-state index in [2.05, 4.69) is 15.0 Å². The summed E-state index contributed by atoms with van der Waals surface area (Å²) in [6.45, 7) is 5.36. The summed E-state index contributed by atoms with van der Waals surface area (Å²) in [5, 5.41) is 2.94. The lowest BCUT2D eigenvalue weighted by Gasteiger charge is -2.22. The number of aromatic nitrogens is 1. The zero-order valence-corrected chi connectivity index (χ0v) is 12.6. The standard InChI is InChI=1S/C12H20N4O3S/c1-4-7-14-10-9(6-5-8-15-10)20(18,19)16-12(2,3)11(13)17/h5-6,8,16H,4,7H2,1-3H3,(H2,13,17)(H,14,15). The SMILES string of the molecule is CCCNc1ncccc1S(=O)(=O)NC(C)(C)C(N)=O. The third-order valence-corrected chi connectivity index (χ3v) is 4.30. The number of nitrogens with one attached hydrogen (secondary N) is 2. The normalized spacial score (nSPS) is 12.2. The predicted octanol–water partition coefficient (Wildman–Crippen LogP) is 0.446. The molecule has 0 aliphatic rings. The molecule has 0 radical (unpaired) electrons. The zero-order chi connectivity index (χ0) is 15.4. The van der Waals surface area contributed by atoms with E-state index in [0.717, 1.165) is 6.42 Å². The first-order valence-electron chi connectivity index (χ1n) is 6.23. The van der Waals surface area contributed by atoms with Crippen LogP contribution in [-0.2, 0) is 14.8 Å². The summed E-state index contributed by atoms with van der Waals surface area (Å²) in [4.78, 5) is 15.3. The van der Waals surface area contributed by atoms with Crippen LogP contribution in [0, 0.1) is 0 Å². The Balaban J connectivity index is 3.13. The second-order valence-corrected chi connectivity index (χ2v) is 6.52. The fourth-order valence-corrected chi connectivity index (χ4v) is 2.94. The lowest BCUT2D eigenvalue weighted by Crippen LogP contribution is -2.52. The highest BCUT2D eigenvalue weighted by Crippen LogP contribution is 2.19. The number of carbonyl (C=O) groups is 1. The van der Waals surface area contributed by atoms with E-state index >= 15 is 0 Å². The summed E-state index contributed by atoms with van der Waals surface area (Å²) in [6.07, 6.45) is 2.33. The number of hydrogen-bond donors (Lipinski definition) is 3. The Labute approximate surface area is 119 Å². The molecule has 0 fully saturated rings. The maximum atomic E-state index is 12.3. The van der Waals surface area contributed by atoms with Gasteiger partial charge in [0.1, 0.15) is 16.3 Å². The van der Waals surface area contributed by atoms with Gasteiger partial charge < -0.3 is 11.1 Å². The number of primary amides is 1. The minimum Gasteiger partial charge on any atom is -0.369 e. The van der Waals surface area contributed by atoms with Gasteiger partial charge in [0.2, 0.25) is 15.9 Å². The van der Waals surface area contributed by atoms with Crippen LogP contribution in [0.1, 0.15) is 27.2 Å². The second kappa shape index (κ2) is 6.19. The van der Waals surface area contributed by atoms with Crippen molar-refractivity contribution >= 4 is 21.7 Å². The largest absolute Gasteiger partial charge is 0.369 e. The molecule has 112 valence electrons. The zero-order valence-electron chi connectivity index (χ0n) is 11.8. The lowest BCUT2D eigenvalue weighted by atomic mass is 10.1. The third-order valence-electron chi connectivity index (χ3n) is 2.61. The Bertz CT molecular complexity index is 584. The highest BCUT2D eigenvalue weighted by Gasteiger charge is 2.32. The monoisotopic (exact) mass is 300 g/mol. The molecule has 0 saturated carbocycles. The molecule has 0 saturated heterocycles. The van der Waals surface area contributed by atoms with Crippen LogP contribution in [0.15, 0.2) is 23.2 Å². The fourth-order valence-electron chi connectivity index (χ4n) is 1.42. The van der Waals surface area contributed by atoms with Crippen molar-refractivity contribution in [3.63, 3.8) is 0 Å². The average Bonchev–Trinajstić information content (AvgIpc) is 2.35. The number of amides is 1. The summed E-state index contributed by atoms with van der Waals surface area (Å²) >= 11 is 0. The van der Waals surface area contributed by atoms with Gasteiger partial charge in [0, 0.05) is 12.7 Å². The van der Waals surface area contributed by atoms with Gasteiger partial charge in [-0.3, -0.25) is 4.79 Å². The molecule has 1 rings (SSSR count). The smallest absolute Gasteiger partial charge is 0.245 e. The maximum absolute atomic E-state index is 12.3. The number of nitrogens with two attached hydrogens (primary N) is 1. The minimum atomic E-state index is -3.90. The van der Waals surface area contributed by atoms with E-state index in [1.54, 1.807) is 0 Å². The first kappa shape index (κ1) is 16.4. The summed E-state index contributed by atoms with van der Waals surface area (Å²) < 4.78 is 27.0. The van der Waals surface area contributed by atoms with Gasteiger partial charge >= 0.3 is 0 Å². The topological polar surface area (TPSA) is 114 Å². The molecule has 1 aromatic rings. The number of anilines is 1. The Morgan fingerprint density at radius 3 is 2.65 bits per heavy atom. The summed E-state index contributed by atoms with van der Waals surface area (Å²) in [6, 6.07) is 2.94. The fraction of sp³-hybridized carbons (Fsp3) is 0.500. The molecule has 0 bridgehead atoms. The molecule has 0 spiro atoms. The van der Waals surface area contributed by atoms with E-state index in [9.17, 15) is 13.2 Å². The molecule has 1 amide bonds. The molecule has 0 unspecified atom stereocenters. The van der Waals surface area contributed by atoms with Crippen LogP contribution in [-0.4, -0.2) is 31.4 Å². The van der Waals surface area contributed by atoms with Crippen molar-refractivity contribution in [1.29, 1.82) is 0 Å². The van der Waals surface area contributed by atoms with Crippen LogP contribution in [0.5, 0.6) is 0 Å². The van der Waals surface area contributed by atoms with E-state index in [4.69, 9.17) is 5.73 Å². The second-order valence-electron chi connectivity index (χ2n) is 4.87. The number of carbonyl (C=O) groups excluding carboxylic acids is 1. The van der Waals surface area contributed by atoms with Gasteiger partial charge in [0.05, 0.1) is 0 Å². The maximum Gasteiger partial charge on any atom is 0.245 e. The minimum absolute atomic E-state index is 0.0113. The Morgan fingerprint density at radius 2 is 2.10 bits per heavy atom. The molecule has 20 heavy (non-hydrogen) atoms. The highest BCUT2D eigenvalue weighted by atomic mass is 32.2. The molecule has 0 atom stereocenters. The van der Waals surface area contributed by atoms with E-state index in [0.29, 0.717) is 6.54 Å². The summed E-state index contributed by atoms with van der Waals surface area (Å²) in [7, 11) is -3.90. The van der Waals surface area contributed by atoms with Crippen LogP contribution in [0.4, 0.5) is 5.82 Å². The van der Waals surface area contributed by atoms with Gasteiger partial charge in [-0.15, -0.1) is 0 Å². The van der Waals surface area contributed by atoms with E-state index < -0.39 is 21.5 Å². The Hall–Kier alpha value is -1.67. The van der Waals surface area contributed by atoms with Crippen molar-refractivity contribution < 1.29 is 13.2 Å². The van der Waals surface area contributed by atoms with Crippen molar-refractivity contribution in [3.05, 3.63) is 18.3 Å². The highest BCUT2D eigenvalue weighted by molar-refractivity contribution is 7.89. The molecular formula is C12H20N4O3S. The number of pyridine rings is 1. The van der Waals surface area contributed by atoms with Gasteiger partial charge in [0.25, 0.3) is 0 Å². The molecular weight excluding hydrogens is 280 g/mol. The van der Waals surface area contributed by atoms with Crippen LogP contribution in [0.3, 0.4) is 0 Å². The van der Waals surface area contributed by atoms with Crippen LogP contribution >= 0.6 is 0 Å². The Kier molecular flexibility index (Phi) is 5.07. The van der Waals surface area contributed by atoms with Gasteiger partial charge in [-0.1, -0.05) is 6.92 Å². The number of nitrogens with zero attached hydrogens (tertiary/aromatic N) is 1. The first-order chi connectivity index (χ1) is 9.20. The molecule has 0 aliphatic carbocycles. The quantitative estimate of drug-likeness (QED) is 0.676. The molecule has 1 heterocycles. The van der Waals surface area contributed by atoms with Crippen LogP contribution in [0.25, 0.3) is 0 Å². The number of hydrogen-bond acceptors (Lipinski definition) is 5.